The van der Waals surface area contributed by atoms with E-state index in [0.717, 1.165) is 4.90 Å². The third-order valence-electron chi connectivity index (χ3n) is 5.16. The molecule has 1 aromatic heterocycles. The molecule has 1 aliphatic rings. The summed E-state index contributed by atoms with van der Waals surface area (Å²) in [6, 6.07) is 10.8. The molecule has 0 unspecified atom stereocenters. The third kappa shape index (κ3) is 6.03. The first-order valence-corrected chi connectivity index (χ1v) is 12.0. The summed E-state index contributed by atoms with van der Waals surface area (Å²) in [7, 11) is 1.20. The molecular formula is C25H18BrClFN3O7. The number of carbonyl (C=O) groups excluding carboxylic acids is 4. The molecule has 0 spiro atoms. The number of methoxy groups -OCH3 is 1. The molecule has 0 aliphatic carbocycles. The van der Waals surface area contributed by atoms with Crippen molar-refractivity contribution in [3.63, 3.8) is 0 Å². The summed E-state index contributed by atoms with van der Waals surface area (Å²) in [5.41, 5.74) is 0.178. The Morgan fingerprint density at radius 2 is 1.97 bits per heavy atom. The van der Waals surface area contributed by atoms with Gasteiger partial charge in [0.15, 0.2) is 6.61 Å². The number of ether oxygens (including phenoxy) is 2. The van der Waals surface area contributed by atoms with Crippen LogP contribution in [0.25, 0.3) is 6.08 Å². The van der Waals surface area contributed by atoms with Crippen molar-refractivity contribution >= 4 is 63.1 Å². The van der Waals surface area contributed by atoms with E-state index in [-0.39, 0.29) is 45.8 Å². The number of imide groups is 1. The summed E-state index contributed by atoms with van der Waals surface area (Å²) >= 11 is 9.48. The van der Waals surface area contributed by atoms with Gasteiger partial charge in [-0.05, 0) is 58.4 Å². The van der Waals surface area contributed by atoms with Gasteiger partial charge in [0.05, 0.1) is 23.8 Å². The minimum Gasteiger partial charge on any atom is -0.482 e. The van der Waals surface area contributed by atoms with E-state index < -0.39 is 36.2 Å². The summed E-state index contributed by atoms with van der Waals surface area (Å²) in [4.78, 5) is 50.2. The molecule has 0 atom stereocenters. The van der Waals surface area contributed by atoms with Crippen molar-refractivity contribution in [2.75, 3.05) is 19.0 Å². The summed E-state index contributed by atoms with van der Waals surface area (Å²) in [6.07, 6.45) is 1.34. The lowest BCUT2D eigenvalue weighted by Crippen LogP contribution is -2.30. The second-order valence-electron chi connectivity index (χ2n) is 7.76. The first-order chi connectivity index (χ1) is 18.2. The van der Waals surface area contributed by atoms with Crippen LogP contribution in [0.4, 0.5) is 14.9 Å². The predicted octanol–water partition coefficient (Wildman–Crippen LogP) is 4.73. The number of halogens is 3. The number of para-hydroxylation sites is 1. The van der Waals surface area contributed by atoms with E-state index in [0.29, 0.717) is 4.47 Å². The van der Waals surface area contributed by atoms with Gasteiger partial charge in [-0.2, -0.15) is 0 Å². The lowest BCUT2D eigenvalue weighted by atomic mass is 10.1. The van der Waals surface area contributed by atoms with Gasteiger partial charge in [0, 0.05) is 10.6 Å². The number of nitrogens with zero attached hydrogens (tertiary/aromatic N) is 1. The predicted molar refractivity (Wildman–Crippen MR) is 137 cm³/mol. The minimum absolute atomic E-state index is 0.00627. The molecule has 2 heterocycles. The van der Waals surface area contributed by atoms with Crippen LogP contribution in [0.5, 0.6) is 5.75 Å². The number of amides is 4. The Morgan fingerprint density at radius 1 is 1.21 bits per heavy atom. The molecule has 1 fully saturated rings. The third-order valence-corrected chi connectivity index (χ3v) is 5.96. The van der Waals surface area contributed by atoms with E-state index in [1.807, 2.05) is 0 Å². The maximum absolute atomic E-state index is 13.8. The molecule has 1 saturated heterocycles. The van der Waals surface area contributed by atoms with Gasteiger partial charge in [-0.1, -0.05) is 23.7 Å². The lowest BCUT2D eigenvalue weighted by Gasteiger charge is -2.13. The summed E-state index contributed by atoms with van der Waals surface area (Å²) in [5, 5.41) is 5.15. The van der Waals surface area contributed by atoms with Crippen molar-refractivity contribution in [3.8, 4) is 5.75 Å². The van der Waals surface area contributed by atoms with Crippen LogP contribution in [0.2, 0.25) is 5.02 Å². The van der Waals surface area contributed by atoms with Gasteiger partial charge < -0.3 is 24.5 Å². The second kappa shape index (κ2) is 11.5. The second-order valence-corrected chi connectivity index (χ2v) is 9.05. The SMILES string of the molecule is COC(=O)c1ccc(CN2C(=O)N/C(=C\c3cc(Cl)cc(Br)c3OCC(=O)Nc3ccccc3F)C2=O)o1. The molecule has 196 valence electrons. The molecule has 4 rings (SSSR count). The fraction of sp³-hybridized carbons (Fsp3) is 0.120. The molecule has 0 bridgehead atoms. The molecule has 0 saturated carbocycles. The average Bonchev–Trinajstić information content (AvgIpc) is 3.45. The monoisotopic (exact) mass is 605 g/mol. The van der Waals surface area contributed by atoms with E-state index in [1.54, 1.807) is 6.07 Å². The Morgan fingerprint density at radius 3 is 2.71 bits per heavy atom. The molecule has 0 radical (unpaired) electrons. The first-order valence-electron chi connectivity index (χ1n) is 10.8. The molecule has 3 aromatic rings. The van der Waals surface area contributed by atoms with E-state index in [9.17, 15) is 23.6 Å². The highest BCUT2D eigenvalue weighted by molar-refractivity contribution is 9.10. The number of carbonyl (C=O) groups is 4. The Bertz CT molecular complexity index is 1470. The van der Waals surface area contributed by atoms with Gasteiger partial charge >= 0.3 is 12.0 Å². The van der Waals surface area contributed by atoms with Gasteiger partial charge in [0.2, 0.25) is 5.76 Å². The van der Waals surface area contributed by atoms with Crippen LogP contribution in [0.15, 0.2) is 63.1 Å². The van der Waals surface area contributed by atoms with E-state index in [1.165, 1.54) is 55.7 Å². The highest BCUT2D eigenvalue weighted by Gasteiger charge is 2.34. The van der Waals surface area contributed by atoms with Gasteiger partial charge in [-0.3, -0.25) is 14.5 Å². The maximum Gasteiger partial charge on any atom is 0.373 e. The molecule has 38 heavy (non-hydrogen) atoms. The fourth-order valence-electron chi connectivity index (χ4n) is 3.43. The number of anilines is 1. The largest absolute Gasteiger partial charge is 0.482 e. The average molecular weight is 607 g/mol. The number of hydrogen-bond donors (Lipinski definition) is 2. The summed E-state index contributed by atoms with van der Waals surface area (Å²) in [6.45, 7) is -0.726. The van der Waals surface area contributed by atoms with E-state index in [2.05, 4.69) is 31.3 Å². The van der Waals surface area contributed by atoms with E-state index in [4.69, 9.17) is 20.8 Å². The maximum atomic E-state index is 13.8. The van der Waals surface area contributed by atoms with Crippen LogP contribution < -0.4 is 15.4 Å². The van der Waals surface area contributed by atoms with E-state index >= 15 is 0 Å². The summed E-state index contributed by atoms with van der Waals surface area (Å²) in [5.74, 6) is -2.34. The smallest absolute Gasteiger partial charge is 0.373 e. The highest BCUT2D eigenvalue weighted by atomic mass is 79.9. The Balaban J connectivity index is 1.51. The van der Waals surface area contributed by atoms with Crippen molar-refractivity contribution in [3.05, 3.63) is 86.6 Å². The minimum atomic E-state index is -0.718. The molecule has 10 nitrogen and oxygen atoms in total. The zero-order valence-electron chi connectivity index (χ0n) is 19.5. The lowest BCUT2D eigenvalue weighted by molar-refractivity contribution is -0.123. The van der Waals surface area contributed by atoms with Crippen molar-refractivity contribution in [1.82, 2.24) is 10.2 Å². The quantitative estimate of drug-likeness (QED) is 0.216. The molecule has 13 heteroatoms. The normalized spacial score (nSPS) is 14.0. The van der Waals surface area contributed by atoms with Crippen molar-refractivity contribution < 1.29 is 37.5 Å². The fourth-order valence-corrected chi connectivity index (χ4v) is 4.37. The number of benzene rings is 2. The molecular weight excluding hydrogens is 589 g/mol. The number of nitrogens with one attached hydrogen (secondary N) is 2. The Kier molecular flexibility index (Phi) is 8.13. The number of rotatable bonds is 8. The van der Waals surface area contributed by atoms with Crippen LogP contribution in [0.3, 0.4) is 0 Å². The van der Waals surface area contributed by atoms with Crippen molar-refractivity contribution in [2.24, 2.45) is 0 Å². The highest BCUT2D eigenvalue weighted by Crippen LogP contribution is 2.35. The van der Waals surface area contributed by atoms with Crippen LogP contribution in [0.1, 0.15) is 21.9 Å². The van der Waals surface area contributed by atoms with Gasteiger partial charge in [-0.15, -0.1) is 0 Å². The standard InChI is InChI=1S/C25H18BrClFN3O7/c1-36-24(34)20-7-6-15(38-20)11-31-23(33)19(30-25(31)35)9-13-8-14(27)10-16(26)22(13)37-12-21(32)29-18-5-3-2-4-17(18)28/h2-10H,11-12H2,1H3,(H,29,32)(H,30,35)/b19-9-. The topological polar surface area (TPSA) is 127 Å². The van der Waals surface area contributed by atoms with Crippen LogP contribution in [-0.4, -0.2) is 42.4 Å². The number of esters is 1. The van der Waals surface area contributed by atoms with Crippen LogP contribution in [-0.2, 0) is 20.9 Å². The molecule has 2 N–H and O–H groups in total. The number of urea groups is 1. The zero-order valence-corrected chi connectivity index (χ0v) is 21.9. The van der Waals surface area contributed by atoms with Crippen molar-refractivity contribution in [1.29, 1.82) is 0 Å². The Labute approximate surface area is 228 Å². The van der Waals surface area contributed by atoms with Gasteiger partial charge in [0.25, 0.3) is 11.8 Å². The summed E-state index contributed by atoms with van der Waals surface area (Å²) < 4.78 is 29.7. The molecule has 1 aliphatic heterocycles. The van der Waals surface area contributed by atoms with Gasteiger partial charge in [-0.25, -0.2) is 14.0 Å². The first kappa shape index (κ1) is 26.9. The van der Waals surface area contributed by atoms with Gasteiger partial charge in [0.1, 0.15) is 23.0 Å². The molecule has 2 aromatic carbocycles. The van der Waals surface area contributed by atoms with Crippen LogP contribution in [0, 0.1) is 5.82 Å². The number of furan rings is 1. The van der Waals surface area contributed by atoms with Crippen LogP contribution >= 0.6 is 27.5 Å². The Hall–Kier alpha value is -4.16. The molecule has 4 amide bonds. The van der Waals surface area contributed by atoms with Crippen molar-refractivity contribution in [2.45, 2.75) is 6.54 Å². The zero-order chi connectivity index (χ0) is 27.4. The number of hydrogen-bond acceptors (Lipinski definition) is 7.